The van der Waals surface area contributed by atoms with Crippen molar-refractivity contribution >= 4 is 36.4 Å². The van der Waals surface area contributed by atoms with E-state index in [1.807, 2.05) is 45.3 Å². The Morgan fingerprint density at radius 3 is 2.39 bits per heavy atom. The number of hydrogen-bond acceptors (Lipinski definition) is 4. The standard InChI is InChI=1S/C16H27N3O2.2ClH/c1-4-21-15(9-10-19(2)3)12-18-16(20)11-13-5-7-14(17)8-6-13;;/h5-8,15H,4,9-12,17H2,1-3H3,(H,18,20);2*1H. The minimum Gasteiger partial charge on any atom is -0.399 e. The van der Waals surface area contributed by atoms with Crippen LogP contribution in [0.4, 0.5) is 5.69 Å². The normalized spacial score (nSPS) is 11.3. The van der Waals surface area contributed by atoms with Gasteiger partial charge in [0.05, 0.1) is 12.5 Å². The van der Waals surface area contributed by atoms with Gasteiger partial charge in [0.15, 0.2) is 0 Å². The number of nitrogens with two attached hydrogens (primary N) is 1. The molecule has 5 nitrogen and oxygen atoms in total. The van der Waals surface area contributed by atoms with Crippen molar-refractivity contribution in [3.05, 3.63) is 29.8 Å². The van der Waals surface area contributed by atoms with Gasteiger partial charge in [-0.3, -0.25) is 4.79 Å². The minimum atomic E-state index is 0. The number of benzene rings is 1. The van der Waals surface area contributed by atoms with Gasteiger partial charge in [0, 0.05) is 25.4 Å². The number of ether oxygens (including phenoxy) is 1. The first kappa shape index (κ1) is 24.2. The van der Waals surface area contributed by atoms with Crippen LogP contribution in [-0.2, 0) is 16.0 Å². The number of hydrogen-bond donors (Lipinski definition) is 2. The Bertz CT molecular complexity index is 428. The first-order valence-electron chi connectivity index (χ1n) is 7.38. The summed E-state index contributed by atoms with van der Waals surface area (Å²) < 4.78 is 5.65. The molecule has 1 rings (SSSR count). The molecule has 0 fully saturated rings. The van der Waals surface area contributed by atoms with Crippen LogP contribution in [-0.4, -0.2) is 50.7 Å². The number of nitrogens with zero attached hydrogens (tertiary/aromatic N) is 1. The van der Waals surface area contributed by atoms with Crippen molar-refractivity contribution in [2.24, 2.45) is 0 Å². The van der Waals surface area contributed by atoms with Crippen LogP contribution >= 0.6 is 24.8 Å². The highest BCUT2D eigenvalue weighted by atomic mass is 35.5. The first-order chi connectivity index (χ1) is 10.0. The largest absolute Gasteiger partial charge is 0.399 e. The van der Waals surface area contributed by atoms with Crippen molar-refractivity contribution in [2.45, 2.75) is 25.9 Å². The third-order valence-electron chi connectivity index (χ3n) is 3.17. The fourth-order valence-corrected chi connectivity index (χ4v) is 1.99. The van der Waals surface area contributed by atoms with Crippen LogP contribution in [0, 0.1) is 0 Å². The summed E-state index contributed by atoms with van der Waals surface area (Å²) in [4.78, 5) is 14.0. The lowest BCUT2D eigenvalue weighted by molar-refractivity contribution is -0.121. The predicted octanol–water partition coefficient (Wildman–Crippen LogP) is 2.13. The number of carbonyl (C=O) groups is 1. The van der Waals surface area contributed by atoms with E-state index in [1.54, 1.807) is 0 Å². The highest BCUT2D eigenvalue weighted by molar-refractivity contribution is 5.85. The van der Waals surface area contributed by atoms with Crippen LogP contribution in [0.1, 0.15) is 18.9 Å². The lowest BCUT2D eigenvalue weighted by atomic mass is 10.1. The van der Waals surface area contributed by atoms with E-state index in [2.05, 4.69) is 10.2 Å². The zero-order valence-electron chi connectivity index (χ0n) is 14.1. The molecule has 134 valence electrons. The predicted molar refractivity (Wildman–Crippen MR) is 101 cm³/mol. The van der Waals surface area contributed by atoms with E-state index in [4.69, 9.17) is 10.5 Å². The molecule has 0 aliphatic heterocycles. The van der Waals surface area contributed by atoms with Crippen LogP contribution < -0.4 is 11.1 Å². The van der Waals surface area contributed by atoms with Crippen LogP contribution in [0.15, 0.2) is 24.3 Å². The molecule has 0 aliphatic carbocycles. The maximum absolute atomic E-state index is 11.9. The van der Waals surface area contributed by atoms with Crippen LogP contribution in [0.5, 0.6) is 0 Å². The molecule has 0 heterocycles. The average molecular weight is 366 g/mol. The molecule has 1 unspecified atom stereocenters. The van der Waals surface area contributed by atoms with Gasteiger partial charge in [-0.15, -0.1) is 24.8 Å². The van der Waals surface area contributed by atoms with Crippen LogP contribution in [0.25, 0.3) is 0 Å². The van der Waals surface area contributed by atoms with E-state index in [0.717, 1.165) is 18.5 Å². The highest BCUT2D eigenvalue weighted by Crippen LogP contribution is 2.06. The van der Waals surface area contributed by atoms with Gasteiger partial charge in [-0.05, 0) is 45.1 Å². The van der Waals surface area contributed by atoms with Gasteiger partial charge in [0.1, 0.15) is 0 Å². The lowest BCUT2D eigenvalue weighted by Gasteiger charge is -2.19. The topological polar surface area (TPSA) is 67.6 Å². The number of nitrogens with one attached hydrogen (secondary N) is 1. The third kappa shape index (κ3) is 11.2. The van der Waals surface area contributed by atoms with Crippen molar-refractivity contribution in [3.8, 4) is 0 Å². The Hall–Kier alpha value is -1.01. The minimum absolute atomic E-state index is 0. The number of rotatable bonds is 9. The maximum atomic E-state index is 11.9. The number of halogens is 2. The SMILES string of the molecule is CCOC(CCN(C)C)CNC(=O)Cc1ccc(N)cc1.Cl.Cl. The quantitative estimate of drug-likeness (QED) is 0.657. The molecule has 0 aromatic heterocycles. The molecule has 23 heavy (non-hydrogen) atoms. The van der Waals surface area contributed by atoms with Crippen LogP contribution in [0.2, 0.25) is 0 Å². The Labute approximate surface area is 151 Å². The van der Waals surface area contributed by atoms with E-state index >= 15 is 0 Å². The Morgan fingerprint density at radius 2 is 1.87 bits per heavy atom. The molecule has 1 aromatic carbocycles. The summed E-state index contributed by atoms with van der Waals surface area (Å²) >= 11 is 0. The molecular formula is C16H29Cl2N3O2. The first-order valence-corrected chi connectivity index (χ1v) is 7.38. The Morgan fingerprint density at radius 1 is 1.26 bits per heavy atom. The van der Waals surface area contributed by atoms with E-state index in [9.17, 15) is 4.79 Å². The fraction of sp³-hybridized carbons (Fsp3) is 0.562. The van der Waals surface area contributed by atoms with E-state index < -0.39 is 0 Å². The second kappa shape index (κ2) is 13.4. The van der Waals surface area contributed by atoms with Gasteiger partial charge in [0.2, 0.25) is 5.91 Å². The molecule has 1 aromatic rings. The van der Waals surface area contributed by atoms with Crippen molar-refractivity contribution in [1.29, 1.82) is 0 Å². The second-order valence-electron chi connectivity index (χ2n) is 5.39. The summed E-state index contributed by atoms with van der Waals surface area (Å²) in [7, 11) is 4.06. The van der Waals surface area contributed by atoms with E-state index in [0.29, 0.717) is 25.3 Å². The Kier molecular flexibility index (Phi) is 14.2. The summed E-state index contributed by atoms with van der Waals surface area (Å²) in [5.74, 6) is 0.00864. The monoisotopic (exact) mass is 365 g/mol. The van der Waals surface area contributed by atoms with Gasteiger partial charge >= 0.3 is 0 Å². The molecule has 0 saturated carbocycles. The summed E-state index contributed by atoms with van der Waals surface area (Å²) in [6.45, 7) is 4.12. The van der Waals surface area contributed by atoms with Crippen LogP contribution in [0.3, 0.4) is 0 Å². The highest BCUT2D eigenvalue weighted by Gasteiger charge is 2.11. The second-order valence-corrected chi connectivity index (χ2v) is 5.39. The maximum Gasteiger partial charge on any atom is 0.224 e. The van der Waals surface area contributed by atoms with Crippen molar-refractivity contribution < 1.29 is 9.53 Å². The van der Waals surface area contributed by atoms with Gasteiger partial charge < -0.3 is 20.7 Å². The zero-order valence-corrected chi connectivity index (χ0v) is 15.7. The molecule has 1 amide bonds. The number of nitrogen functional groups attached to an aromatic ring is 1. The molecule has 1 atom stereocenters. The van der Waals surface area contributed by atoms with Crippen molar-refractivity contribution in [3.63, 3.8) is 0 Å². The van der Waals surface area contributed by atoms with Gasteiger partial charge in [-0.2, -0.15) is 0 Å². The van der Waals surface area contributed by atoms with E-state index in [-0.39, 0.29) is 36.8 Å². The smallest absolute Gasteiger partial charge is 0.224 e. The fourth-order valence-electron chi connectivity index (χ4n) is 1.99. The summed E-state index contributed by atoms with van der Waals surface area (Å²) in [6.07, 6.45) is 1.34. The molecule has 7 heteroatoms. The van der Waals surface area contributed by atoms with Gasteiger partial charge in [-0.1, -0.05) is 12.1 Å². The molecule has 0 bridgehead atoms. The van der Waals surface area contributed by atoms with E-state index in [1.165, 1.54) is 0 Å². The average Bonchev–Trinajstić information content (AvgIpc) is 2.44. The molecule has 3 N–H and O–H groups in total. The summed E-state index contributed by atoms with van der Waals surface area (Å²) in [5.41, 5.74) is 7.29. The molecular weight excluding hydrogens is 337 g/mol. The molecule has 0 radical (unpaired) electrons. The zero-order chi connectivity index (χ0) is 15.7. The molecule has 0 spiro atoms. The third-order valence-corrected chi connectivity index (χ3v) is 3.17. The van der Waals surface area contributed by atoms with Crippen molar-refractivity contribution in [2.75, 3.05) is 39.5 Å². The van der Waals surface area contributed by atoms with Gasteiger partial charge in [0.25, 0.3) is 0 Å². The summed E-state index contributed by atoms with van der Waals surface area (Å²) in [5, 5.41) is 2.94. The molecule has 0 aliphatic rings. The van der Waals surface area contributed by atoms with Gasteiger partial charge in [-0.25, -0.2) is 0 Å². The number of carbonyl (C=O) groups excluding carboxylic acids is 1. The van der Waals surface area contributed by atoms with Crippen molar-refractivity contribution in [1.82, 2.24) is 10.2 Å². The molecule has 0 saturated heterocycles. The summed E-state index contributed by atoms with van der Waals surface area (Å²) in [6, 6.07) is 7.37. The lowest BCUT2D eigenvalue weighted by Crippen LogP contribution is -2.36. The number of amides is 1. The Balaban J connectivity index is 0. The number of anilines is 1.